The molecule has 0 saturated carbocycles. The molecule has 2 N–H and O–H groups in total. The quantitative estimate of drug-likeness (QED) is 0.868. The average Bonchev–Trinajstić information content (AvgIpc) is 2.92. The van der Waals surface area contributed by atoms with Gasteiger partial charge in [0, 0.05) is 5.56 Å². The number of carboxylic acid groups (broad SMARTS) is 1. The van der Waals surface area contributed by atoms with E-state index in [2.05, 4.69) is 10.2 Å². The number of aromatic nitrogens is 2. The van der Waals surface area contributed by atoms with Crippen LogP contribution < -0.4 is 9.47 Å². The highest BCUT2D eigenvalue weighted by atomic mass is 16.6. The molecule has 0 amide bonds. The van der Waals surface area contributed by atoms with Gasteiger partial charge in [0.1, 0.15) is 11.8 Å². The molecule has 1 aliphatic heterocycles. The number of aromatic carboxylic acids is 1. The largest absolute Gasteiger partial charge is 0.493 e. The molecule has 21 heavy (non-hydrogen) atoms. The van der Waals surface area contributed by atoms with Crippen molar-refractivity contribution < 1.29 is 24.1 Å². The summed E-state index contributed by atoms with van der Waals surface area (Å²) >= 11 is 0. The molecule has 3 rings (SSSR count). The number of carboxylic acids is 1. The smallest absolute Gasteiger partial charge is 0.353 e. The van der Waals surface area contributed by atoms with Crippen molar-refractivity contribution in [3.63, 3.8) is 0 Å². The van der Waals surface area contributed by atoms with E-state index in [0.29, 0.717) is 36.0 Å². The molecule has 1 fully saturated rings. The summed E-state index contributed by atoms with van der Waals surface area (Å²) in [6, 6.07) is 6.84. The fourth-order valence-corrected chi connectivity index (χ4v) is 2.02. The molecule has 1 saturated heterocycles. The monoisotopic (exact) mass is 290 g/mol. The van der Waals surface area contributed by atoms with E-state index in [-0.39, 0.29) is 11.8 Å². The average molecular weight is 290 g/mol. The van der Waals surface area contributed by atoms with Crippen LogP contribution in [-0.4, -0.2) is 47.7 Å². The van der Waals surface area contributed by atoms with Gasteiger partial charge in [0.25, 0.3) is 0 Å². The lowest BCUT2D eigenvalue weighted by atomic mass is 10.1. The van der Waals surface area contributed by atoms with E-state index >= 15 is 0 Å². The number of methoxy groups -OCH3 is 1. The van der Waals surface area contributed by atoms with Crippen LogP contribution in [0.1, 0.15) is 10.5 Å². The Morgan fingerprint density at radius 1 is 1.48 bits per heavy atom. The van der Waals surface area contributed by atoms with E-state index in [1.807, 2.05) is 0 Å². The molecule has 0 spiro atoms. The predicted molar refractivity (Wildman–Crippen MR) is 72.8 cm³/mol. The maximum atomic E-state index is 10.9. The van der Waals surface area contributed by atoms with Gasteiger partial charge in [-0.05, 0) is 18.2 Å². The summed E-state index contributed by atoms with van der Waals surface area (Å²) in [4.78, 5) is 10.9. The molecule has 7 nitrogen and oxygen atoms in total. The number of ether oxygens (including phenoxy) is 3. The molecule has 1 aromatic carbocycles. The summed E-state index contributed by atoms with van der Waals surface area (Å²) in [6.45, 7) is 1.05. The van der Waals surface area contributed by atoms with Crippen LogP contribution in [0.3, 0.4) is 0 Å². The Kier molecular flexibility index (Phi) is 3.49. The molecule has 0 bridgehead atoms. The molecule has 1 aromatic heterocycles. The van der Waals surface area contributed by atoms with Gasteiger partial charge in [-0.2, -0.15) is 5.10 Å². The standard InChI is InChI=1S/C14H14N2O5/c1-19-12-4-2-3-9(13(12)21-8-6-20-7-8)10-5-11(14(17)18)16-15-10/h2-5,8H,6-7H2,1H3,(H,15,16)(H,17,18). The zero-order valence-corrected chi connectivity index (χ0v) is 11.3. The van der Waals surface area contributed by atoms with Crippen molar-refractivity contribution in [3.05, 3.63) is 30.0 Å². The van der Waals surface area contributed by atoms with Gasteiger partial charge >= 0.3 is 5.97 Å². The summed E-state index contributed by atoms with van der Waals surface area (Å²) < 4.78 is 16.3. The van der Waals surface area contributed by atoms with Gasteiger partial charge in [0.05, 0.1) is 26.0 Å². The Labute approximate surface area is 120 Å². The maximum Gasteiger partial charge on any atom is 0.353 e. The molecular formula is C14H14N2O5. The number of benzene rings is 1. The minimum atomic E-state index is -1.06. The molecule has 7 heteroatoms. The lowest BCUT2D eigenvalue weighted by Gasteiger charge is -2.28. The van der Waals surface area contributed by atoms with Crippen LogP contribution in [0.5, 0.6) is 11.5 Å². The number of aromatic amines is 1. The summed E-state index contributed by atoms with van der Waals surface area (Å²) in [5.74, 6) is 0.0440. The van der Waals surface area contributed by atoms with E-state index in [1.54, 1.807) is 25.3 Å². The van der Waals surface area contributed by atoms with Gasteiger partial charge in [-0.1, -0.05) is 6.07 Å². The molecule has 110 valence electrons. The van der Waals surface area contributed by atoms with E-state index in [0.717, 1.165) is 0 Å². The normalized spacial score (nSPS) is 14.5. The highest BCUT2D eigenvalue weighted by molar-refractivity contribution is 5.87. The van der Waals surface area contributed by atoms with Gasteiger partial charge < -0.3 is 19.3 Å². The number of hydrogen-bond donors (Lipinski definition) is 2. The maximum absolute atomic E-state index is 10.9. The molecule has 2 heterocycles. The molecule has 0 radical (unpaired) electrons. The zero-order valence-electron chi connectivity index (χ0n) is 11.3. The van der Waals surface area contributed by atoms with Gasteiger partial charge in [-0.15, -0.1) is 0 Å². The third kappa shape index (κ3) is 2.55. The van der Waals surface area contributed by atoms with Gasteiger partial charge in [-0.25, -0.2) is 4.79 Å². The molecule has 0 unspecified atom stereocenters. The summed E-state index contributed by atoms with van der Waals surface area (Å²) in [7, 11) is 1.55. The van der Waals surface area contributed by atoms with Gasteiger partial charge in [-0.3, -0.25) is 5.10 Å². The second kappa shape index (κ2) is 5.45. The molecule has 0 aliphatic carbocycles. The van der Waals surface area contributed by atoms with Crippen LogP contribution in [0.4, 0.5) is 0 Å². The SMILES string of the molecule is COc1cccc(-c2cc(C(=O)O)[nH]n2)c1OC1COC1. The second-order valence-corrected chi connectivity index (χ2v) is 4.59. The fraction of sp³-hybridized carbons (Fsp3) is 0.286. The molecule has 0 atom stereocenters. The van der Waals surface area contributed by atoms with Crippen molar-refractivity contribution in [2.24, 2.45) is 0 Å². The number of nitrogens with one attached hydrogen (secondary N) is 1. The van der Waals surface area contributed by atoms with Gasteiger partial charge in [0.15, 0.2) is 11.5 Å². The first-order valence-corrected chi connectivity index (χ1v) is 6.39. The highest BCUT2D eigenvalue weighted by Gasteiger charge is 2.24. The molecular weight excluding hydrogens is 276 g/mol. The topological polar surface area (TPSA) is 93.7 Å². The van der Waals surface area contributed by atoms with Crippen molar-refractivity contribution >= 4 is 5.97 Å². The van der Waals surface area contributed by atoms with E-state index in [4.69, 9.17) is 19.3 Å². The van der Waals surface area contributed by atoms with Crippen LogP contribution in [0.15, 0.2) is 24.3 Å². The summed E-state index contributed by atoms with van der Waals surface area (Å²) in [5.41, 5.74) is 1.18. The number of H-pyrrole nitrogens is 1. The molecule has 2 aromatic rings. The first-order chi connectivity index (χ1) is 10.2. The highest BCUT2D eigenvalue weighted by Crippen LogP contribution is 2.38. The van der Waals surface area contributed by atoms with Crippen LogP contribution in [-0.2, 0) is 4.74 Å². The minimum Gasteiger partial charge on any atom is -0.493 e. The number of carbonyl (C=O) groups is 1. The zero-order chi connectivity index (χ0) is 14.8. The van der Waals surface area contributed by atoms with Crippen molar-refractivity contribution in [2.75, 3.05) is 20.3 Å². The number of nitrogens with zero attached hydrogens (tertiary/aromatic N) is 1. The van der Waals surface area contributed by atoms with E-state index in [9.17, 15) is 4.79 Å². The Hall–Kier alpha value is -2.54. The number of hydrogen-bond acceptors (Lipinski definition) is 5. The Balaban J connectivity index is 2.00. The fourth-order valence-electron chi connectivity index (χ4n) is 2.02. The number of para-hydroxylation sites is 1. The Bertz CT molecular complexity index is 663. The van der Waals surface area contributed by atoms with E-state index < -0.39 is 5.97 Å². The molecule has 1 aliphatic rings. The first-order valence-electron chi connectivity index (χ1n) is 6.39. The number of rotatable bonds is 5. The van der Waals surface area contributed by atoms with Crippen molar-refractivity contribution in [1.82, 2.24) is 10.2 Å². The third-order valence-electron chi connectivity index (χ3n) is 3.18. The lowest BCUT2D eigenvalue weighted by molar-refractivity contribution is -0.0801. The van der Waals surface area contributed by atoms with Crippen LogP contribution in [0.25, 0.3) is 11.3 Å². The van der Waals surface area contributed by atoms with Gasteiger partial charge in [0.2, 0.25) is 0 Å². The second-order valence-electron chi connectivity index (χ2n) is 4.59. The Morgan fingerprint density at radius 3 is 2.86 bits per heavy atom. The predicted octanol–water partition coefficient (Wildman–Crippen LogP) is 1.56. The van der Waals surface area contributed by atoms with Crippen LogP contribution in [0.2, 0.25) is 0 Å². The van der Waals surface area contributed by atoms with Crippen LogP contribution >= 0.6 is 0 Å². The lowest BCUT2D eigenvalue weighted by Crippen LogP contribution is -2.38. The first kappa shape index (κ1) is 13.4. The Morgan fingerprint density at radius 2 is 2.29 bits per heavy atom. The summed E-state index contributed by atoms with van der Waals surface area (Å²) in [6.07, 6.45) is -0.0297. The van der Waals surface area contributed by atoms with Crippen molar-refractivity contribution in [3.8, 4) is 22.8 Å². The minimum absolute atomic E-state index is 0.0192. The van der Waals surface area contributed by atoms with Crippen molar-refractivity contribution in [2.45, 2.75) is 6.10 Å². The van der Waals surface area contributed by atoms with Crippen molar-refractivity contribution in [1.29, 1.82) is 0 Å². The third-order valence-corrected chi connectivity index (χ3v) is 3.18. The summed E-state index contributed by atoms with van der Waals surface area (Å²) in [5, 5.41) is 15.5. The van der Waals surface area contributed by atoms with Crippen LogP contribution in [0, 0.1) is 0 Å². The van der Waals surface area contributed by atoms with E-state index in [1.165, 1.54) is 6.07 Å².